The summed E-state index contributed by atoms with van der Waals surface area (Å²) < 4.78 is 0. The summed E-state index contributed by atoms with van der Waals surface area (Å²) in [6.45, 7) is 2.92. The van der Waals surface area contributed by atoms with E-state index in [1.807, 2.05) is 18.2 Å². The van der Waals surface area contributed by atoms with Crippen molar-refractivity contribution in [3.8, 4) is 0 Å². The average Bonchev–Trinajstić information content (AvgIpc) is 2.36. The molecular formula is C14H20N2O2. The normalized spacial score (nSPS) is 22.3. The van der Waals surface area contributed by atoms with Crippen molar-refractivity contribution in [2.24, 2.45) is 0 Å². The summed E-state index contributed by atoms with van der Waals surface area (Å²) in [5.74, 6) is 0. The molecular weight excluding hydrogens is 228 g/mol. The molecule has 1 aromatic rings. The fourth-order valence-electron chi connectivity index (χ4n) is 2.68. The standard InChI is InChI=1S/C14H20N2O2/c1-2-3-9-14(16-13(17)18)12-7-5-4-6-11(12)8-10-15-14/h4-7,15-16H,2-3,8-10H2,1H3,(H,17,18). The van der Waals surface area contributed by atoms with Crippen LogP contribution >= 0.6 is 0 Å². The molecule has 4 heteroatoms. The van der Waals surface area contributed by atoms with E-state index in [0.717, 1.165) is 37.8 Å². The van der Waals surface area contributed by atoms with Gasteiger partial charge in [-0.15, -0.1) is 0 Å². The molecule has 0 bridgehead atoms. The van der Waals surface area contributed by atoms with Gasteiger partial charge in [-0.25, -0.2) is 4.79 Å². The van der Waals surface area contributed by atoms with Gasteiger partial charge in [-0.1, -0.05) is 37.6 Å². The van der Waals surface area contributed by atoms with Crippen LogP contribution in [0.3, 0.4) is 0 Å². The Labute approximate surface area is 107 Å². The summed E-state index contributed by atoms with van der Waals surface area (Å²) in [6.07, 6.45) is 2.79. The van der Waals surface area contributed by atoms with Crippen LogP contribution in [0.4, 0.5) is 4.79 Å². The van der Waals surface area contributed by atoms with Gasteiger partial charge in [0.15, 0.2) is 0 Å². The van der Waals surface area contributed by atoms with E-state index < -0.39 is 11.8 Å². The second-order valence-electron chi connectivity index (χ2n) is 4.77. The van der Waals surface area contributed by atoms with Crippen LogP contribution in [-0.4, -0.2) is 17.7 Å². The van der Waals surface area contributed by atoms with Crippen LogP contribution in [0.25, 0.3) is 0 Å². The highest BCUT2D eigenvalue weighted by atomic mass is 16.4. The average molecular weight is 248 g/mol. The Hall–Kier alpha value is -1.55. The first kappa shape index (κ1) is 12.9. The summed E-state index contributed by atoms with van der Waals surface area (Å²) in [4.78, 5) is 11.1. The Bertz CT molecular complexity index is 434. The number of benzene rings is 1. The van der Waals surface area contributed by atoms with E-state index in [2.05, 4.69) is 23.6 Å². The number of carbonyl (C=O) groups is 1. The van der Waals surface area contributed by atoms with E-state index >= 15 is 0 Å². The number of hydrogen-bond acceptors (Lipinski definition) is 2. The minimum Gasteiger partial charge on any atom is -0.465 e. The number of amides is 1. The van der Waals surface area contributed by atoms with Gasteiger partial charge in [-0.05, 0) is 30.4 Å². The molecule has 0 fully saturated rings. The van der Waals surface area contributed by atoms with Gasteiger partial charge in [0.2, 0.25) is 0 Å². The van der Waals surface area contributed by atoms with Crippen LogP contribution < -0.4 is 10.6 Å². The van der Waals surface area contributed by atoms with Crippen LogP contribution in [-0.2, 0) is 12.1 Å². The second-order valence-corrected chi connectivity index (χ2v) is 4.77. The van der Waals surface area contributed by atoms with E-state index in [1.54, 1.807) is 0 Å². The fourth-order valence-corrected chi connectivity index (χ4v) is 2.68. The smallest absolute Gasteiger partial charge is 0.406 e. The molecule has 1 heterocycles. The molecule has 0 spiro atoms. The lowest BCUT2D eigenvalue weighted by Gasteiger charge is -2.40. The van der Waals surface area contributed by atoms with Gasteiger partial charge in [-0.2, -0.15) is 0 Å². The maximum Gasteiger partial charge on any atom is 0.406 e. The number of rotatable bonds is 4. The zero-order valence-electron chi connectivity index (χ0n) is 10.7. The SMILES string of the molecule is CCCCC1(NC(=O)O)NCCc2ccccc21. The predicted octanol–water partition coefficient (Wildman–Crippen LogP) is 2.44. The molecule has 98 valence electrons. The van der Waals surface area contributed by atoms with E-state index in [0.29, 0.717) is 0 Å². The van der Waals surface area contributed by atoms with Gasteiger partial charge < -0.3 is 5.11 Å². The maximum absolute atomic E-state index is 11.1. The highest BCUT2D eigenvalue weighted by Crippen LogP contribution is 2.30. The summed E-state index contributed by atoms with van der Waals surface area (Å²) in [6, 6.07) is 8.08. The fraction of sp³-hybridized carbons (Fsp3) is 0.500. The molecule has 1 unspecified atom stereocenters. The molecule has 0 saturated carbocycles. The van der Waals surface area contributed by atoms with Crippen molar-refractivity contribution in [2.75, 3.05) is 6.54 Å². The van der Waals surface area contributed by atoms with Gasteiger partial charge in [0.05, 0.1) is 0 Å². The van der Waals surface area contributed by atoms with E-state index in [-0.39, 0.29) is 0 Å². The Morgan fingerprint density at radius 1 is 1.50 bits per heavy atom. The highest BCUT2D eigenvalue weighted by Gasteiger charge is 2.36. The summed E-state index contributed by atoms with van der Waals surface area (Å²) >= 11 is 0. The van der Waals surface area contributed by atoms with Gasteiger partial charge in [0, 0.05) is 6.54 Å². The Morgan fingerprint density at radius 3 is 3.00 bits per heavy atom. The molecule has 3 N–H and O–H groups in total. The Kier molecular flexibility index (Phi) is 3.87. The number of fused-ring (bicyclic) bond motifs is 1. The Balaban J connectivity index is 2.37. The lowest BCUT2D eigenvalue weighted by Crippen LogP contribution is -2.58. The topological polar surface area (TPSA) is 61.4 Å². The highest BCUT2D eigenvalue weighted by molar-refractivity contribution is 5.66. The van der Waals surface area contributed by atoms with Crippen molar-refractivity contribution in [3.05, 3.63) is 35.4 Å². The molecule has 0 saturated heterocycles. The molecule has 0 radical (unpaired) electrons. The lowest BCUT2D eigenvalue weighted by molar-refractivity contribution is 0.157. The van der Waals surface area contributed by atoms with Crippen molar-refractivity contribution in [2.45, 2.75) is 38.3 Å². The van der Waals surface area contributed by atoms with Crippen molar-refractivity contribution in [1.29, 1.82) is 0 Å². The number of hydrogen-bond donors (Lipinski definition) is 3. The Morgan fingerprint density at radius 2 is 2.28 bits per heavy atom. The molecule has 1 aromatic carbocycles. The van der Waals surface area contributed by atoms with E-state index in [9.17, 15) is 4.79 Å². The quantitative estimate of drug-likeness (QED) is 0.767. The molecule has 1 aliphatic rings. The number of nitrogens with one attached hydrogen (secondary N) is 2. The van der Waals surface area contributed by atoms with Crippen LogP contribution in [0.2, 0.25) is 0 Å². The molecule has 1 aliphatic heterocycles. The first-order valence-corrected chi connectivity index (χ1v) is 6.52. The third kappa shape index (κ3) is 2.48. The largest absolute Gasteiger partial charge is 0.465 e. The monoisotopic (exact) mass is 248 g/mol. The number of unbranched alkanes of at least 4 members (excludes halogenated alkanes) is 1. The molecule has 18 heavy (non-hydrogen) atoms. The summed E-state index contributed by atoms with van der Waals surface area (Å²) in [5.41, 5.74) is 1.70. The third-order valence-electron chi connectivity index (χ3n) is 3.52. The van der Waals surface area contributed by atoms with Crippen LogP contribution in [0, 0.1) is 0 Å². The zero-order valence-corrected chi connectivity index (χ0v) is 10.7. The number of carboxylic acid groups (broad SMARTS) is 1. The summed E-state index contributed by atoms with van der Waals surface area (Å²) in [5, 5.41) is 15.2. The van der Waals surface area contributed by atoms with Crippen molar-refractivity contribution in [3.63, 3.8) is 0 Å². The second kappa shape index (κ2) is 5.40. The summed E-state index contributed by atoms with van der Waals surface area (Å²) in [7, 11) is 0. The van der Waals surface area contributed by atoms with Gasteiger partial charge in [0.1, 0.15) is 5.66 Å². The molecule has 0 aliphatic carbocycles. The molecule has 1 atom stereocenters. The minimum absolute atomic E-state index is 0.614. The van der Waals surface area contributed by atoms with Gasteiger partial charge in [-0.3, -0.25) is 10.6 Å². The third-order valence-corrected chi connectivity index (χ3v) is 3.52. The molecule has 4 nitrogen and oxygen atoms in total. The predicted molar refractivity (Wildman–Crippen MR) is 70.5 cm³/mol. The molecule has 1 amide bonds. The van der Waals surface area contributed by atoms with Gasteiger partial charge in [0.25, 0.3) is 0 Å². The minimum atomic E-state index is -0.977. The molecule has 0 aromatic heterocycles. The van der Waals surface area contributed by atoms with Crippen LogP contribution in [0.1, 0.15) is 37.3 Å². The first-order valence-electron chi connectivity index (χ1n) is 6.52. The maximum atomic E-state index is 11.1. The van der Waals surface area contributed by atoms with E-state index in [1.165, 1.54) is 5.56 Å². The first-order chi connectivity index (χ1) is 8.68. The van der Waals surface area contributed by atoms with Gasteiger partial charge >= 0.3 is 6.09 Å². The zero-order chi connectivity index (χ0) is 13.0. The lowest BCUT2D eigenvalue weighted by atomic mass is 9.85. The van der Waals surface area contributed by atoms with Crippen LogP contribution in [0.15, 0.2) is 24.3 Å². The van der Waals surface area contributed by atoms with Crippen molar-refractivity contribution in [1.82, 2.24) is 10.6 Å². The van der Waals surface area contributed by atoms with Crippen molar-refractivity contribution < 1.29 is 9.90 Å². The van der Waals surface area contributed by atoms with E-state index in [4.69, 9.17) is 5.11 Å². The molecule has 2 rings (SSSR count). The van der Waals surface area contributed by atoms with Crippen LogP contribution in [0.5, 0.6) is 0 Å². The van der Waals surface area contributed by atoms with Crippen molar-refractivity contribution >= 4 is 6.09 Å².